The van der Waals surface area contributed by atoms with Gasteiger partial charge in [0.2, 0.25) is 11.8 Å². The number of para-hydroxylation sites is 2. The van der Waals surface area contributed by atoms with Gasteiger partial charge in [0.25, 0.3) is 5.91 Å². The minimum Gasteiger partial charge on any atom is -0.490 e. The maximum absolute atomic E-state index is 13.1. The fourth-order valence-electron chi connectivity index (χ4n) is 4.62. The van der Waals surface area contributed by atoms with Crippen molar-refractivity contribution in [1.29, 1.82) is 0 Å². The van der Waals surface area contributed by atoms with Crippen molar-refractivity contribution >= 4 is 22.8 Å². The monoisotopic (exact) mass is 620 g/mol. The maximum Gasteiger partial charge on any atom is 0.251 e. The van der Waals surface area contributed by atoms with E-state index in [9.17, 15) is 9.59 Å². The molecule has 1 unspecified atom stereocenters. The molecule has 236 valence electrons. The normalized spacial score (nSPS) is 11.4. The molecule has 10 nitrogen and oxygen atoms in total. The maximum atomic E-state index is 13.1. The Kier molecular flexibility index (Phi) is 11.1. The number of amides is 2. The van der Waals surface area contributed by atoms with E-state index in [1.54, 1.807) is 24.3 Å². The van der Waals surface area contributed by atoms with Gasteiger partial charge in [-0.2, -0.15) is 0 Å². The summed E-state index contributed by atoms with van der Waals surface area (Å²) >= 11 is 0. The molecule has 0 aliphatic heterocycles. The van der Waals surface area contributed by atoms with Crippen LogP contribution in [0.1, 0.15) is 27.2 Å². The predicted molar refractivity (Wildman–Crippen MR) is 174 cm³/mol. The number of hydrogen-bond donors (Lipinski definition) is 2. The number of benzene rings is 4. The third-order valence-corrected chi connectivity index (χ3v) is 7.03. The van der Waals surface area contributed by atoms with Crippen molar-refractivity contribution in [3.63, 3.8) is 0 Å². The number of rotatable bonds is 15. The van der Waals surface area contributed by atoms with E-state index < -0.39 is 6.04 Å². The zero-order valence-electron chi connectivity index (χ0n) is 25.8. The molecule has 0 saturated carbocycles. The molecule has 1 atom stereocenters. The molecule has 0 aliphatic carbocycles. The Labute approximate surface area is 267 Å². The lowest BCUT2D eigenvalue weighted by Gasteiger charge is -2.19. The second kappa shape index (κ2) is 16.0. The van der Waals surface area contributed by atoms with Crippen LogP contribution in [0, 0.1) is 6.92 Å². The molecule has 1 aromatic heterocycles. The van der Waals surface area contributed by atoms with Crippen molar-refractivity contribution in [3.05, 3.63) is 126 Å². The van der Waals surface area contributed by atoms with Crippen LogP contribution < -0.4 is 24.8 Å². The van der Waals surface area contributed by atoms with Crippen LogP contribution in [-0.2, 0) is 22.6 Å². The Balaban J connectivity index is 1.13. The predicted octanol–water partition coefficient (Wildman–Crippen LogP) is 5.04. The average Bonchev–Trinajstić information content (AvgIpc) is 3.09. The number of nitrogens with one attached hydrogen (secondary N) is 2. The van der Waals surface area contributed by atoms with Crippen molar-refractivity contribution in [2.24, 2.45) is 0 Å². The summed E-state index contributed by atoms with van der Waals surface area (Å²) in [5, 5.41) is 5.53. The van der Waals surface area contributed by atoms with Gasteiger partial charge in [0, 0.05) is 19.1 Å². The summed E-state index contributed by atoms with van der Waals surface area (Å²) in [6.45, 7) is 2.88. The highest BCUT2D eigenvalue weighted by molar-refractivity contribution is 5.97. The number of aryl methyl sites for hydroxylation is 1. The minimum atomic E-state index is -0.825. The lowest BCUT2D eigenvalue weighted by molar-refractivity contribution is -0.124. The Morgan fingerprint density at radius 3 is 2.07 bits per heavy atom. The highest BCUT2D eigenvalue weighted by Crippen LogP contribution is 2.19. The fourth-order valence-corrected chi connectivity index (χ4v) is 4.62. The SMILES string of the molecule is COCNC(=O)C(Cc1ccc(OCc2ccccc2)cc1)NC(=O)c1ccc(OCCOc2nc3ccccc3nc2C)cc1. The number of carbonyl (C=O) groups excluding carboxylic acids is 2. The first-order chi connectivity index (χ1) is 22.5. The number of ether oxygens (including phenoxy) is 4. The quantitative estimate of drug-likeness (QED) is 0.123. The third kappa shape index (κ3) is 9.02. The fraction of sp³-hybridized carbons (Fsp3) is 0.222. The van der Waals surface area contributed by atoms with Crippen LogP contribution in [0.3, 0.4) is 0 Å². The van der Waals surface area contributed by atoms with Crippen LogP contribution in [0.4, 0.5) is 0 Å². The highest BCUT2D eigenvalue weighted by Gasteiger charge is 2.22. The molecule has 5 aromatic rings. The first-order valence-corrected chi connectivity index (χ1v) is 14.9. The molecule has 10 heteroatoms. The summed E-state index contributed by atoms with van der Waals surface area (Å²) in [6.07, 6.45) is 0.280. The molecule has 4 aromatic carbocycles. The molecule has 0 aliphatic rings. The summed E-state index contributed by atoms with van der Waals surface area (Å²) in [5.74, 6) is 1.01. The zero-order valence-corrected chi connectivity index (χ0v) is 25.8. The zero-order chi connectivity index (χ0) is 32.1. The first kappa shape index (κ1) is 31.9. The molecule has 0 radical (unpaired) electrons. The van der Waals surface area contributed by atoms with E-state index in [1.807, 2.05) is 85.8 Å². The van der Waals surface area contributed by atoms with Crippen LogP contribution in [0.2, 0.25) is 0 Å². The largest absolute Gasteiger partial charge is 0.490 e. The summed E-state index contributed by atoms with van der Waals surface area (Å²) < 4.78 is 22.4. The van der Waals surface area contributed by atoms with E-state index >= 15 is 0 Å². The molecule has 0 fully saturated rings. The Morgan fingerprint density at radius 2 is 1.35 bits per heavy atom. The number of fused-ring (bicyclic) bond motifs is 1. The molecular formula is C36H36N4O6. The van der Waals surface area contributed by atoms with E-state index in [-0.39, 0.29) is 38.2 Å². The molecule has 2 N–H and O–H groups in total. The topological polar surface area (TPSA) is 121 Å². The van der Waals surface area contributed by atoms with E-state index in [0.717, 1.165) is 22.2 Å². The average molecular weight is 621 g/mol. The summed E-state index contributed by atoms with van der Waals surface area (Å²) in [5.41, 5.74) is 4.60. The van der Waals surface area contributed by atoms with Gasteiger partial charge >= 0.3 is 0 Å². The molecule has 0 saturated heterocycles. The Morgan fingerprint density at radius 1 is 0.717 bits per heavy atom. The van der Waals surface area contributed by atoms with Gasteiger partial charge in [0.1, 0.15) is 49.8 Å². The molecule has 1 heterocycles. The van der Waals surface area contributed by atoms with Crippen molar-refractivity contribution < 1.29 is 28.5 Å². The second-order valence-electron chi connectivity index (χ2n) is 10.4. The van der Waals surface area contributed by atoms with Gasteiger partial charge in [0.15, 0.2) is 0 Å². The van der Waals surface area contributed by atoms with Gasteiger partial charge in [-0.25, -0.2) is 9.97 Å². The molecule has 0 spiro atoms. The van der Waals surface area contributed by atoms with Crippen molar-refractivity contribution in [2.45, 2.75) is 26.0 Å². The summed E-state index contributed by atoms with van der Waals surface area (Å²) in [4.78, 5) is 35.1. The number of hydrogen-bond acceptors (Lipinski definition) is 8. The lowest BCUT2D eigenvalue weighted by atomic mass is 10.0. The van der Waals surface area contributed by atoms with E-state index in [0.29, 0.717) is 35.2 Å². The smallest absolute Gasteiger partial charge is 0.251 e. The third-order valence-electron chi connectivity index (χ3n) is 7.03. The van der Waals surface area contributed by atoms with Gasteiger partial charge in [-0.3, -0.25) is 9.59 Å². The van der Waals surface area contributed by atoms with Crippen LogP contribution >= 0.6 is 0 Å². The molecule has 2 amide bonds. The Bertz CT molecular complexity index is 1730. The van der Waals surface area contributed by atoms with Crippen LogP contribution in [0.15, 0.2) is 103 Å². The molecule has 46 heavy (non-hydrogen) atoms. The van der Waals surface area contributed by atoms with Gasteiger partial charge in [-0.05, 0) is 66.6 Å². The summed E-state index contributed by atoms with van der Waals surface area (Å²) in [6, 6.07) is 30.8. The standard InChI is InChI=1S/C36H36N4O6/c1-25-36(40-32-11-7-6-10-31(32)38-25)45-21-20-44-29-18-14-28(15-19-29)34(41)39-33(35(42)37-24-43-2)22-26-12-16-30(17-13-26)46-23-27-8-4-3-5-9-27/h3-19,33H,20-24H2,1-2H3,(H,37,42)(H,39,41). The van der Waals surface area contributed by atoms with Crippen LogP contribution in [0.25, 0.3) is 11.0 Å². The first-order valence-electron chi connectivity index (χ1n) is 14.9. The number of methoxy groups -OCH3 is 1. The highest BCUT2D eigenvalue weighted by atomic mass is 16.5. The van der Waals surface area contributed by atoms with Crippen LogP contribution in [-0.4, -0.2) is 54.9 Å². The lowest BCUT2D eigenvalue weighted by Crippen LogP contribution is -2.48. The molecule has 0 bridgehead atoms. The van der Waals surface area contributed by atoms with Crippen molar-refractivity contribution in [2.75, 3.05) is 27.1 Å². The van der Waals surface area contributed by atoms with E-state index in [2.05, 4.69) is 20.6 Å². The van der Waals surface area contributed by atoms with E-state index in [1.165, 1.54) is 7.11 Å². The van der Waals surface area contributed by atoms with Gasteiger partial charge < -0.3 is 29.6 Å². The summed E-state index contributed by atoms with van der Waals surface area (Å²) in [7, 11) is 1.48. The number of carbonyl (C=O) groups is 2. The second-order valence-corrected chi connectivity index (χ2v) is 10.4. The van der Waals surface area contributed by atoms with Crippen molar-refractivity contribution in [1.82, 2.24) is 20.6 Å². The molecule has 5 rings (SSSR count). The Hall–Kier alpha value is -5.48. The number of nitrogens with zero attached hydrogens (tertiary/aromatic N) is 2. The van der Waals surface area contributed by atoms with Gasteiger partial charge in [0.05, 0.1) is 11.0 Å². The van der Waals surface area contributed by atoms with Gasteiger partial charge in [-0.15, -0.1) is 0 Å². The van der Waals surface area contributed by atoms with Crippen molar-refractivity contribution in [3.8, 4) is 17.4 Å². The minimum absolute atomic E-state index is 0.0280. The number of aromatic nitrogens is 2. The van der Waals surface area contributed by atoms with Gasteiger partial charge in [-0.1, -0.05) is 54.6 Å². The van der Waals surface area contributed by atoms with Crippen LogP contribution in [0.5, 0.6) is 17.4 Å². The van der Waals surface area contributed by atoms with E-state index in [4.69, 9.17) is 18.9 Å². The molecular weight excluding hydrogens is 584 g/mol.